The molecule has 0 unspecified atom stereocenters. The first-order valence-electron chi connectivity index (χ1n) is 7.52. The van der Waals surface area contributed by atoms with Gasteiger partial charge in [-0.15, -0.1) is 22.0 Å². The maximum absolute atomic E-state index is 12.7. The highest BCUT2D eigenvalue weighted by molar-refractivity contribution is 8.00. The predicted octanol–water partition coefficient (Wildman–Crippen LogP) is 1.09. The minimum absolute atomic E-state index is 0.162. The summed E-state index contributed by atoms with van der Waals surface area (Å²) in [7, 11) is 1.66. The molecule has 7 heteroatoms. The van der Waals surface area contributed by atoms with Crippen LogP contribution in [0.15, 0.2) is 0 Å². The summed E-state index contributed by atoms with van der Waals surface area (Å²) in [4.78, 5) is 14.7. The van der Waals surface area contributed by atoms with Crippen molar-refractivity contribution in [3.63, 3.8) is 0 Å². The number of hydrogen-bond donors (Lipinski definition) is 0. The van der Waals surface area contributed by atoms with Crippen molar-refractivity contribution in [2.24, 2.45) is 0 Å². The van der Waals surface area contributed by atoms with Crippen molar-refractivity contribution in [1.29, 1.82) is 0 Å². The molecule has 1 aromatic heterocycles. The first-order chi connectivity index (χ1) is 10.2. The van der Waals surface area contributed by atoms with Gasteiger partial charge >= 0.3 is 0 Å². The van der Waals surface area contributed by atoms with Crippen molar-refractivity contribution < 1.29 is 9.53 Å². The van der Waals surface area contributed by atoms with Gasteiger partial charge in [0, 0.05) is 32.7 Å². The molecule has 1 amide bonds. The summed E-state index contributed by atoms with van der Waals surface area (Å²) in [6.07, 6.45) is 2.94. The molecule has 6 nitrogen and oxygen atoms in total. The van der Waals surface area contributed by atoms with E-state index in [-0.39, 0.29) is 11.3 Å². The Hall–Kier alpha value is -1.08. The van der Waals surface area contributed by atoms with Gasteiger partial charge in [0.05, 0.1) is 5.25 Å². The van der Waals surface area contributed by atoms with E-state index in [9.17, 15) is 4.79 Å². The molecule has 3 heterocycles. The summed E-state index contributed by atoms with van der Waals surface area (Å²) in [5.41, 5.74) is 0. The molecule has 1 fully saturated rings. The summed E-state index contributed by atoms with van der Waals surface area (Å²) in [5.74, 6) is 3.23. The number of fused-ring (bicyclic) bond motifs is 1. The largest absolute Gasteiger partial charge is 0.377 e. The molecule has 0 bridgehead atoms. The van der Waals surface area contributed by atoms with Crippen LogP contribution in [0.2, 0.25) is 0 Å². The molecule has 0 spiro atoms. The zero-order chi connectivity index (χ0) is 14.8. The van der Waals surface area contributed by atoms with Crippen molar-refractivity contribution in [3.05, 3.63) is 11.6 Å². The Labute approximate surface area is 129 Å². The van der Waals surface area contributed by atoms with Gasteiger partial charge in [-0.05, 0) is 25.5 Å². The molecule has 1 saturated heterocycles. The topological polar surface area (TPSA) is 60.3 Å². The van der Waals surface area contributed by atoms with Crippen molar-refractivity contribution in [1.82, 2.24) is 19.7 Å². The van der Waals surface area contributed by atoms with Crippen LogP contribution in [0.5, 0.6) is 0 Å². The Morgan fingerprint density at radius 2 is 2.29 bits per heavy atom. The van der Waals surface area contributed by atoms with E-state index in [2.05, 4.69) is 21.7 Å². The molecular formula is C14H22N4O2S. The van der Waals surface area contributed by atoms with E-state index in [1.807, 2.05) is 4.90 Å². The lowest BCUT2D eigenvalue weighted by Crippen LogP contribution is -2.44. The highest BCUT2D eigenvalue weighted by atomic mass is 32.2. The van der Waals surface area contributed by atoms with Crippen LogP contribution in [0.25, 0.3) is 0 Å². The number of amides is 1. The summed E-state index contributed by atoms with van der Waals surface area (Å²) in [6, 6.07) is 0.180. The van der Waals surface area contributed by atoms with Gasteiger partial charge in [-0.2, -0.15) is 0 Å². The molecular weight excluding hydrogens is 288 g/mol. The summed E-state index contributed by atoms with van der Waals surface area (Å²) >= 11 is 1.80. The van der Waals surface area contributed by atoms with Crippen LogP contribution in [-0.4, -0.2) is 56.3 Å². The highest BCUT2D eigenvalue weighted by Gasteiger charge is 2.33. The smallest absolute Gasteiger partial charge is 0.236 e. The van der Waals surface area contributed by atoms with Crippen LogP contribution in [-0.2, 0) is 29.1 Å². The van der Waals surface area contributed by atoms with Gasteiger partial charge < -0.3 is 14.2 Å². The first kappa shape index (κ1) is 14.8. The fourth-order valence-corrected chi connectivity index (χ4v) is 4.33. The molecule has 21 heavy (non-hydrogen) atoms. The zero-order valence-corrected chi connectivity index (χ0v) is 13.4. The fourth-order valence-electron chi connectivity index (χ4n) is 3.10. The third-order valence-corrected chi connectivity index (χ3v) is 5.60. The van der Waals surface area contributed by atoms with Crippen molar-refractivity contribution in [2.75, 3.05) is 19.4 Å². The van der Waals surface area contributed by atoms with Gasteiger partial charge in [0.1, 0.15) is 12.4 Å². The average Bonchev–Trinajstić information content (AvgIpc) is 3.08. The van der Waals surface area contributed by atoms with Crippen LogP contribution in [0.4, 0.5) is 0 Å². The van der Waals surface area contributed by atoms with Crippen LogP contribution in [0.3, 0.4) is 0 Å². The standard InChI is InChI=1S/C14H22N4O2S/c1-10-8-12-15-16-13(9-20-2)18(12)6-5-17(10)14(19)11-4-3-7-21-11/h10-11H,3-9H2,1-2H3/t10-,11-/m1/s1. The Morgan fingerprint density at radius 3 is 3.00 bits per heavy atom. The number of hydrogen-bond acceptors (Lipinski definition) is 5. The van der Waals surface area contributed by atoms with Crippen LogP contribution in [0, 0.1) is 0 Å². The molecule has 0 N–H and O–H groups in total. The molecule has 0 radical (unpaired) electrons. The van der Waals surface area contributed by atoms with Gasteiger partial charge in [-0.1, -0.05) is 0 Å². The number of thioether (sulfide) groups is 1. The molecule has 2 aliphatic rings. The zero-order valence-electron chi connectivity index (χ0n) is 12.6. The average molecular weight is 310 g/mol. The van der Waals surface area contributed by atoms with E-state index in [0.29, 0.717) is 12.5 Å². The monoisotopic (exact) mass is 310 g/mol. The quantitative estimate of drug-likeness (QED) is 0.836. The molecule has 116 valence electrons. The second-order valence-electron chi connectivity index (χ2n) is 5.70. The summed E-state index contributed by atoms with van der Waals surface area (Å²) in [5, 5.41) is 8.62. The van der Waals surface area contributed by atoms with E-state index < -0.39 is 0 Å². The molecule has 3 rings (SSSR count). The van der Waals surface area contributed by atoms with Crippen molar-refractivity contribution in [2.45, 2.75) is 50.6 Å². The Bertz CT molecular complexity index is 513. The van der Waals surface area contributed by atoms with E-state index in [1.165, 1.54) is 0 Å². The lowest BCUT2D eigenvalue weighted by molar-refractivity contribution is -0.132. The normalized spacial score (nSPS) is 25.7. The highest BCUT2D eigenvalue weighted by Crippen LogP contribution is 2.29. The van der Waals surface area contributed by atoms with E-state index in [1.54, 1.807) is 18.9 Å². The minimum atomic E-state index is 0.162. The predicted molar refractivity (Wildman–Crippen MR) is 81.1 cm³/mol. The van der Waals surface area contributed by atoms with Gasteiger partial charge in [-0.3, -0.25) is 4.79 Å². The molecule has 2 aliphatic heterocycles. The number of aromatic nitrogens is 3. The second-order valence-corrected chi connectivity index (χ2v) is 7.01. The SMILES string of the molecule is COCc1nnc2n1CCN(C(=O)[C@H]1CCCS1)[C@H](C)C2. The maximum atomic E-state index is 12.7. The van der Waals surface area contributed by atoms with Gasteiger partial charge in [0.25, 0.3) is 0 Å². The number of carbonyl (C=O) groups is 1. The first-order valence-corrected chi connectivity index (χ1v) is 8.57. The number of nitrogens with zero attached hydrogens (tertiary/aromatic N) is 4. The summed E-state index contributed by atoms with van der Waals surface area (Å²) in [6.45, 7) is 4.07. The Balaban J connectivity index is 1.74. The van der Waals surface area contributed by atoms with Gasteiger partial charge in [-0.25, -0.2) is 0 Å². The number of rotatable bonds is 3. The molecule has 0 aromatic carbocycles. The molecule has 0 saturated carbocycles. The van der Waals surface area contributed by atoms with Crippen molar-refractivity contribution in [3.8, 4) is 0 Å². The molecule has 2 atom stereocenters. The van der Waals surface area contributed by atoms with E-state index in [4.69, 9.17) is 4.74 Å². The minimum Gasteiger partial charge on any atom is -0.377 e. The van der Waals surface area contributed by atoms with Gasteiger partial charge in [0.2, 0.25) is 5.91 Å². The number of methoxy groups -OCH3 is 1. The molecule has 0 aliphatic carbocycles. The second kappa shape index (κ2) is 6.36. The third-order valence-electron chi connectivity index (χ3n) is 4.24. The number of carbonyl (C=O) groups excluding carboxylic acids is 1. The van der Waals surface area contributed by atoms with Crippen LogP contribution in [0.1, 0.15) is 31.4 Å². The fraction of sp³-hybridized carbons (Fsp3) is 0.786. The number of ether oxygens (including phenoxy) is 1. The lowest BCUT2D eigenvalue weighted by atomic mass is 10.1. The lowest BCUT2D eigenvalue weighted by Gasteiger charge is -2.29. The summed E-state index contributed by atoms with van der Waals surface area (Å²) < 4.78 is 7.27. The van der Waals surface area contributed by atoms with Crippen LogP contribution >= 0.6 is 11.8 Å². The van der Waals surface area contributed by atoms with Crippen molar-refractivity contribution >= 4 is 17.7 Å². The Morgan fingerprint density at radius 1 is 1.43 bits per heavy atom. The van der Waals surface area contributed by atoms with Crippen LogP contribution < -0.4 is 0 Å². The molecule has 1 aromatic rings. The van der Waals surface area contributed by atoms with E-state index in [0.717, 1.165) is 49.8 Å². The van der Waals surface area contributed by atoms with E-state index >= 15 is 0 Å². The maximum Gasteiger partial charge on any atom is 0.236 e. The Kier molecular flexibility index (Phi) is 4.49. The third kappa shape index (κ3) is 2.94. The van der Waals surface area contributed by atoms with Gasteiger partial charge in [0.15, 0.2) is 5.82 Å².